The van der Waals surface area contributed by atoms with Crippen molar-refractivity contribution in [1.82, 2.24) is 5.32 Å². The van der Waals surface area contributed by atoms with E-state index in [2.05, 4.69) is 10.6 Å². The molecule has 136 valence electrons. The number of carbonyl (C=O) groups excluding carboxylic acids is 1. The second kappa shape index (κ2) is 9.44. The van der Waals surface area contributed by atoms with Crippen LogP contribution in [-0.4, -0.2) is 43.6 Å². The first-order valence-electron chi connectivity index (χ1n) is 7.49. The van der Waals surface area contributed by atoms with E-state index in [4.69, 9.17) is 32.7 Å². The van der Waals surface area contributed by atoms with Crippen molar-refractivity contribution in [2.45, 2.75) is 32.4 Å². The van der Waals surface area contributed by atoms with Gasteiger partial charge in [0.15, 0.2) is 0 Å². The molecule has 1 amide bonds. The molecule has 24 heavy (non-hydrogen) atoms. The largest absolute Gasteiger partial charge is 0.447 e. The molecule has 0 aliphatic carbocycles. The van der Waals surface area contributed by atoms with Gasteiger partial charge >= 0.3 is 6.09 Å². The quantitative estimate of drug-likeness (QED) is 0.631. The Kier molecular flexibility index (Phi) is 8.26. The van der Waals surface area contributed by atoms with Gasteiger partial charge in [-0.3, -0.25) is 5.32 Å². The number of amides is 1. The van der Waals surface area contributed by atoms with E-state index in [1.807, 2.05) is 20.8 Å². The first-order chi connectivity index (χ1) is 11.1. The second-order valence-electron chi connectivity index (χ2n) is 6.26. The number of carbonyl (C=O) groups is 1. The van der Waals surface area contributed by atoms with E-state index in [0.29, 0.717) is 18.7 Å². The van der Waals surface area contributed by atoms with Crippen molar-refractivity contribution in [2.75, 3.05) is 32.2 Å². The van der Waals surface area contributed by atoms with Crippen LogP contribution in [-0.2, 0) is 9.47 Å². The number of rotatable bonds is 7. The Balaban J connectivity index is 2.76. The van der Waals surface area contributed by atoms with Gasteiger partial charge < -0.3 is 19.9 Å². The van der Waals surface area contributed by atoms with Crippen LogP contribution in [0.25, 0.3) is 0 Å². The molecule has 0 aliphatic heterocycles. The average molecular weight is 379 g/mol. The highest BCUT2D eigenvalue weighted by atomic mass is 35.5. The first kappa shape index (κ1) is 21.0. The molecule has 0 aliphatic rings. The number of anilines is 1. The van der Waals surface area contributed by atoms with E-state index in [-0.39, 0.29) is 27.9 Å². The number of benzene rings is 1. The van der Waals surface area contributed by atoms with Crippen LogP contribution in [0.3, 0.4) is 0 Å². The van der Waals surface area contributed by atoms with Crippen LogP contribution >= 0.6 is 23.2 Å². The molecular weight excluding hydrogens is 355 g/mol. The molecule has 6 nitrogen and oxygen atoms in total. The minimum Gasteiger partial charge on any atom is -0.447 e. The Hall–Kier alpha value is -1.05. The lowest BCUT2D eigenvalue weighted by Gasteiger charge is -2.23. The number of nitrogens with one attached hydrogen (secondary N) is 2. The minimum absolute atomic E-state index is 0.118. The molecule has 0 aromatic heterocycles. The fourth-order valence-electron chi connectivity index (χ4n) is 1.78. The zero-order valence-corrected chi connectivity index (χ0v) is 15.8. The van der Waals surface area contributed by atoms with Gasteiger partial charge in [-0.15, -0.1) is 0 Å². The van der Waals surface area contributed by atoms with Gasteiger partial charge in [0.2, 0.25) is 0 Å². The van der Waals surface area contributed by atoms with E-state index in [9.17, 15) is 9.90 Å². The molecule has 1 unspecified atom stereocenters. The summed E-state index contributed by atoms with van der Waals surface area (Å²) in [5.74, 6) is 0. The number of hydrogen-bond donors (Lipinski definition) is 3. The third-order valence-corrected chi connectivity index (χ3v) is 3.62. The second-order valence-corrected chi connectivity index (χ2v) is 7.07. The fraction of sp³-hybridized carbons (Fsp3) is 0.562. The summed E-state index contributed by atoms with van der Waals surface area (Å²) in [5, 5.41) is 16.4. The van der Waals surface area contributed by atoms with E-state index in [1.54, 1.807) is 12.1 Å². The molecule has 0 bridgehead atoms. The molecule has 8 heteroatoms. The highest BCUT2D eigenvalue weighted by molar-refractivity contribution is 6.39. The van der Waals surface area contributed by atoms with Crippen LogP contribution in [0.2, 0.25) is 10.0 Å². The Morgan fingerprint density at radius 2 is 1.83 bits per heavy atom. The van der Waals surface area contributed by atoms with E-state index in [1.165, 1.54) is 7.11 Å². The number of ether oxygens (including phenoxy) is 2. The Morgan fingerprint density at radius 1 is 1.25 bits per heavy atom. The van der Waals surface area contributed by atoms with Gasteiger partial charge in [0.25, 0.3) is 0 Å². The summed E-state index contributed by atoms with van der Waals surface area (Å²) in [6.45, 7) is 6.77. The maximum Gasteiger partial charge on any atom is 0.411 e. The summed E-state index contributed by atoms with van der Waals surface area (Å²) in [7, 11) is 1.51. The summed E-state index contributed by atoms with van der Waals surface area (Å²) in [6.07, 6.45) is -1.46. The summed E-state index contributed by atoms with van der Waals surface area (Å²) >= 11 is 12.3. The SMILES string of the molecule is COCCOC(=O)Nc1c(Cl)cc(C(O)CNC(C)(C)C)cc1Cl. The van der Waals surface area contributed by atoms with Crippen LogP contribution in [0.15, 0.2) is 12.1 Å². The molecular formula is C16H24Cl2N2O4. The van der Waals surface area contributed by atoms with Gasteiger partial charge in [-0.05, 0) is 38.5 Å². The first-order valence-corrected chi connectivity index (χ1v) is 8.24. The van der Waals surface area contributed by atoms with Crippen molar-refractivity contribution >= 4 is 35.0 Å². The lowest BCUT2D eigenvalue weighted by Crippen LogP contribution is -2.38. The maximum absolute atomic E-state index is 11.7. The number of hydrogen-bond acceptors (Lipinski definition) is 5. The zero-order chi connectivity index (χ0) is 18.3. The van der Waals surface area contributed by atoms with Crippen molar-refractivity contribution in [1.29, 1.82) is 0 Å². The normalized spacial score (nSPS) is 12.8. The molecule has 0 spiro atoms. The van der Waals surface area contributed by atoms with E-state index < -0.39 is 12.2 Å². The van der Waals surface area contributed by atoms with Gasteiger partial charge in [0, 0.05) is 19.2 Å². The van der Waals surface area contributed by atoms with Crippen LogP contribution in [0.1, 0.15) is 32.4 Å². The van der Waals surface area contributed by atoms with Crippen LogP contribution < -0.4 is 10.6 Å². The Bertz CT molecular complexity index is 538. The van der Waals surface area contributed by atoms with Crippen molar-refractivity contribution < 1.29 is 19.4 Å². The molecule has 0 radical (unpaired) electrons. The van der Waals surface area contributed by atoms with Crippen LogP contribution in [0.5, 0.6) is 0 Å². The highest BCUT2D eigenvalue weighted by Crippen LogP contribution is 2.34. The molecule has 1 aromatic carbocycles. The van der Waals surface area contributed by atoms with E-state index in [0.717, 1.165) is 0 Å². The molecule has 1 rings (SSSR count). The molecule has 0 saturated heterocycles. The fourth-order valence-corrected chi connectivity index (χ4v) is 2.38. The lowest BCUT2D eigenvalue weighted by molar-refractivity contribution is 0.107. The predicted molar refractivity (Wildman–Crippen MR) is 96.0 cm³/mol. The van der Waals surface area contributed by atoms with Crippen LogP contribution in [0.4, 0.5) is 10.5 Å². The Morgan fingerprint density at radius 3 is 2.33 bits per heavy atom. The smallest absolute Gasteiger partial charge is 0.411 e. The summed E-state index contributed by atoms with van der Waals surface area (Å²) in [5.41, 5.74) is 0.669. The summed E-state index contributed by atoms with van der Waals surface area (Å²) in [6, 6.07) is 3.13. The van der Waals surface area contributed by atoms with Crippen molar-refractivity contribution in [3.8, 4) is 0 Å². The minimum atomic E-state index is -0.776. The molecule has 0 heterocycles. The highest BCUT2D eigenvalue weighted by Gasteiger charge is 2.18. The summed E-state index contributed by atoms with van der Waals surface area (Å²) in [4.78, 5) is 11.7. The van der Waals surface area contributed by atoms with E-state index >= 15 is 0 Å². The predicted octanol–water partition coefficient (Wildman–Crippen LogP) is 3.61. The molecule has 0 saturated carbocycles. The van der Waals surface area contributed by atoms with Gasteiger partial charge in [-0.25, -0.2) is 4.79 Å². The van der Waals surface area contributed by atoms with Gasteiger partial charge in [-0.2, -0.15) is 0 Å². The number of halogens is 2. The molecule has 3 N–H and O–H groups in total. The number of β-amino-alcohol motifs (C(OH)–C–C–N with tert-alkyl or cyclic N) is 1. The molecule has 1 atom stereocenters. The summed E-state index contributed by atoms with van der Waals surface area (Å²) < 4.78 is 9.69. The van der Waals surface area contributed by atoms with Gasteiger partial charge in [0.1, 0.15) is 6.61 Å². The van der Waals surface area contributed by atoms with Crippen molar-refractivity contribution in [3.05, 3.63) is 27.7 Å². The van der Waals surface area contributed by atoms with Gasteiger partial charge in [0.05, 0.1) is 28.4 Å². The standard InChI is InChI=1S/C16H24Cl2N2O4/c1-16(2,3)19-9-13(21)10-7-11(17)14(12(18)8-10)20-15(22)24-6-5-23-4/h7-8,13,19,21H,5-6,9H2,1-4H3,(H,20,22). The monoisotopic (exact) mass is 378 g/mol. The Labute approximate surface area is 152 Å². The lowest BCUT2D eigenvalue weighted by atomic mass is 10.1. The number of aliphatic hydroxyl groups excluding tert-OH is 1. The third-order valence-electron chi connectivity index (χ3n) is 3.02. The third kappa shape index (κ3) is 7.23. The number of methoxy groups -OCH3 is 1. The zero-order valence-electron chi connectivity index (χ0n) is 14.3. The molecule has 1 aromatic rings. The van der Waals surface area contributed by atoms with Crippen LogP contribution in [0, 0.1) is 0 Å². The average Bonchev–Trinajstić information content (AvgIpc) is 2.47. The number of aliphatic hydroxyl groups is 1. The van der Waals surface area contributed by atoms with Crippen molar-refractivity contribution in [3.63, 3.8) is 0 Å². The molecule has 0 fully saturated rings. The topological polar surface area (TPSA) is 79.8 Å². The van der Waals surface area contributed by atoms with Gasteiger partial charge in [-0.1, -0.05) is 23.2 Å². The van der Waals surface area contributed by atoms with Crippen molar-refractivity contribution in [2.24, 2.45) is 0 Å². The maximum atomic E-state index is 11.7.